The Bertz CT molecular complexity index is 386. The number of hydrogen-bond acceptors (Lipinski definition) is 1. The van der Waals surface area contributed by atoms with Crippen LogP contribution in [-0.4, -0.2) is 6.18 Å². The molecule has 0 spiro atoms. The van der Waals surface area contributed by atoms with E-state index in [9.17, 15) is 13.2 Å². The van der Waals surface area contributed by atoms with E-state index in [4.69, 9.17) is 0 Å². The van der Waals surface area contributed by atoms with Crippen LogP contribution in [0.5, 0.6) is 0 Å². The quantitative estimate of drug-likeness (QED) is 0.659. The van der Waals surface area contributed by atoms with Crippen LogP contribution in [0.4, 0.5) is 13.2 Å². The number of alkyl halides is 3. The minimum atomic E-state index is -4.12. The molecular formula is C9H9F3S. The second-order valence-corrected chi connectivity index (χ2v) is 3.85. The molecule has 0 atom stereocenters. The number of halogens is 3. The van der Waals surface area contributed by atoms with Gasteiger partial charge in [0, 0.05) is 9.41 Å². The van der Waals surface area contributed by atoms with Gasteiger partial charge in [-0.2, -0.15) is 13.2 Å². The molecule has 0 aliphatic carbocycles. The molecule has 0 nitrogen and oxygen atoms in total. The van der Waals surface area contributed by atoms with Gasteiger partial charge in [-0.1, -0.05) is 12.7 Å². The molecule has 0 unspecified atom stereocenters. The lowest BCUT2D eigenvalue weighted by Crippen LogP contribution is -2.14. The summed E-state index contributed by atoms with van der Waals surface area (Å²) < 4.78 is 36.7. The van der Waals surface area contributed by atoms with Crippen LogP contribution in [-0.2, 0) is 6.42 Å². The summed E-state index contributed by atoms with van der Waals surface area (Å²) in [7, 11) is 0. The molecule has 1 aromatic rings. The molecule has 0 bridgehead atoms. The summed E-state index contributed by atoms with van der Waals surface area (Å²) in [6.07, 6.45) is -3.21. The fraction of sp³-hybridized carbons (Fsp3) is 0.333. The molecule has 1 rings (SSSR count). The fourth-order valence-electron chi connectivity index (χ4n) is 1.03. The van der Waals surface area contributed by atoms with Crippen molar-refractivity contribution in [3.63, 3.8) is 0 Å². The van der Waals surface area contributed by atoms with E-state index in [-0.39, 0.29) is 0 Å². The van der Waals surface area contributed by atoms with Gasteiger partial charge < -0.3 is 0 Å². The van der Waals surface area contributed by atoms with Gasteiger partial charge in [-0.15, -0.1) is 11.3 Å². The molecule has 13 heavy (non-hydrogen) atoms. The van der Waals surface area contributed by atoms with Gasteiger partial charge in [-0.3, -0.25) is 0 Å². The summed E-state index contributed by atoms with van der Waals surface area (Å²) >= 11 is 1.15. The Hall–Kier alpha value is -0.770. The normalized spacial score (nSPS) is 13.7. The van der Waals surface area contributed by atoms with E-state index < -0.39 is 12.6 Å². The van der Waals surface area contributed by atoms with E-state index in [0.717, 1.165) is 15.9 Å². The first-order valence-corrected chi connectivity index (χ1v) is 4.55. The Labute approximate surface area is 78.0 Å². The molecule has 1 aromatic heterocycles. The van der Waals surface area contributed by atoms with Crippen LogP contribution < -0.4 is 9.75 Å². The lowest BCUT2D eigenvalue weighted by atomic mass is 10.3. The minimum Gasteiger partial charge on any atom is -0.171 e. The standard InChI is InChI=1S/C9H9F3S/c1-3-8-6(2)4-7(13-8)5-9(10,11)12/h3-4H,2,5H2,1H3. The molecule has 1 heterocycles. The third kappa shape index (κ3) is 2.88. The van der Waals surface area contributed by atoms with Crippen molar-refractivity contribution in [1.29, 1.82) is 0 Å². The van der Waals surface area contributed by atoms with Crippen molar-refractivity contribution in [2.75, 3.05) is 0 Å². The summed E-state index contributed by atoms with van der Waals surface area (Å²) in [6, 6.07) is 1.49. The van der Waals surface area contributed by atoms with Gasteiger partial charge >= 0.3 is 6.18 Å². The first-order valence-electron chi connectivity index (χ1n) is 3.73. The van der Waals surface area contributed by atoms with Crippen LogP contribution in [0.3, 0.4) is 0 Å². The fourth-order valence-corrected chi connectivity index (χ4v) is 2.06. The molecule has 0 aromatic carbocycles. The summed E-state index contributed by atoms with van der Waals surface area (Å²) in [4.78, 5) is 0.325. The third-order valence-corrected chi connectivity index (χ3v) is 2.77. The van der Waals surface area contributed by atoms with E-state index >= 15 is 0 Å². The maximum absolute atomic E-state index is 12.0. The van der Waals surface area contributed by atoms with Gasteiger partial charge in [-0.25, -0.2) is 0 Å². The summed E-state index contributed by atoms with van der Waals surface area (Å²) in [5.41, 5.74) is 0. The highest BCUT2D eigenvalue weighted by Crippen LogP contribution is 2.21. The van der Waals surface area contributed by atoms with Crippen LogP contribution in [0, 0.1) is 0 Å². The molecule has 0 amide bonds. The van der Waals surface area contributed by atoms with Crippen molar-refractivity contribution in [1.82, 2.24) is 0 Å². The highest BCUT2D eigenvalue weighted by atomic mass is 32.1. The topological polar surface area (TPSA) is 0 Å². The molecule has 0 N–H and O–H groups in total. The number of hydrogen-bond donors (Lipinski definition) is 0. The second kappa shape index (κ2) is 3.54. The Morgan fingerprint density at radius 3 is 2.54 bits per heavy atom. The van der Waals surface area contributed by atoms with Crippen molar-refractivity contribution in [2.45, 2.75) is 19.5 Å². The molecule has 0 fully saturated rings. The Balaban J connectivity index is 3.00. The van der Waals surface area contributed by atoms with Crippen molar-refractivity contribution in [3.05, 3.63) is 20.7 Å². The molecule has 0 radical (unpaired) electrons. The first kappa shape index (κ1) is 10.3. The first-order chi connectivity index (χ1) is 5.92. The van der Waals surface area contributed by atoms with Crippen LogP contribution in [0.1, 0.15) is 11.8 Å². The van der Waals surface area contributed by atoms with Crippen molar-refractivity contribution >= 4 is 24.0 Å². The van der Waals surface area contributed by atoms with Crippen LogP contribution in [0.25, 0.3) is 12.7 Å². The van der Waals surface area contributed by atoms with E-state index in [1.165, 1.54) is 6.07 Å². The second-order valence-electron chi connectivity index (χ2n) is 2.68. The van der Waals surface area contributed by atoms with Crippen molar-refractivity contribution in [3.8, 4) is 0 Å². The molecule has 72 valence electrons. The number of thiophene rings is 1. The van der Waals surface area contributed by atoms with E-state index in [1.807, 2.05) is 0 Å². The SMILES string of the molecule is C=c1cc(CC(F)(F)F)sc1=CC. The van der Waals surface area contributed by atoms with E-state index in [2.05, 4.69) is 6.58 Å². The maximum Gasteiger partial charge on any atom is 0.393 e. The average Bonchev–Trinajstić information content (AvgIpc) is 2.26. The van der Waals surface area contributed by atoms with Gasteiger partial charge in [0.25, 0.3) is 0 Å². The monoisotopic (exact) mass is 206 g/mol. The Morgan fingerprint density at radius 1 is 1.54 bits per heavy atom. The molecule has 0 saturated carbocycles. The molecule has 0 saturated heterocycles. The summed E-state index contributed by atoms with van der Waals surface area (Å²) in [5, 5.41) is 0.673. The zero-order chi connectivity index (χ0) is 10.1. The van der Waals surface area contributed by atoms with E-state index in [0.29, 0.717) is 10.1 Å². The van der Waals surface area contributed by atoms with E-state index in [1.54, 1.807) is 13.0 Å². The summed E-state index contributed by atoms with van der Waals surface area (Å²) in [5.74, 6) is 0. The molecule has 0 aliphatic rings. The largest absolute Gasteiger partial charge is 0.393 e. The number of rotatable bonds is 1. The van der Waals surface area contributed by atoms with Crippen LogP contribution >= 0.6 is 11.3 Å². The van der Waals surface area contributed by atoms with Crippen LogP contribution in [0.2, 0.25) is 0 Å². The van der Waals surface area contributed by atoms with Crippen LogP contribution in [0.15, 0.2) is 6.07 Å². The van der Waals surface area contributed by atoms with Gasteiger partial charge in [-0.05, 0) is 18.2 Å². The lowest BCUT2D eigenvalue weighted by molar-refractivity contribution is -0.126. The predicted molar refractivity (Wildman–Crippen MR) is 49.0 cm³/mol. The van der Waals surface area contributed by atoms with Gasteiger partial charge in [0.1, 0.15) is 0 Å². The highest BCUT2D eigenvalue weighted by Gasteiger charge is 2.28. The summed E-state index contributed by atoms with van der Waals surface area (Å²) in [6.45, 7) is 5.44. The van der Waals surface area contributed by atoms with Gasteiger partial charge in [0.15, 0.2) is 0 Å². The third-order valence-electron chi connectivity index (χ3n) is 1.53. The van der Waals surface area contributed by atoms with Crippen molar-refractivity contribution < 1.29 is 13.2 Å². The molecule has 4 heteroatoms. The maximum atomic E-state index is 12.0. The Kier molecular flexibility index (Phi) is 2.81. The highest BCUT2D eigenvalue weighted by molar-refractivity contribution is 7.09. The smallest absolute Gasteiger partial charge is 0.171 e. The predicted octanol–water partition coefficient (Wildman–Crippen LogP) is 2.06. The zero-order valence-electron chi connectivity index (χ0n) is 7.11. The average molecular weight is 206 g/mol. The zero-order valence-corrected chi connectivity index (χ0v) is 7.93. The Morgan fingerprint density at radius 2 is 2.15 bits per heavy atom. The lowest BCUT2D eigenvalue weighted by Gasteiger charge is -2.01. The van der Waals surface area contributed by atoms with Gasteiger partial charge in [0.2, 0.25) is 0 Å². The molecular weight excluding hydrogens is 197 g/mol. The van der Waals surface area contributed by atoms with Gasteiger partial charge in [0.05, 0.1) is 6.42 Å². The minimum absolute atomic E-state index is 0.325. The van der Waals surface area contributed by atoms with Crippen molar-refractivity contribution in [2.24, 2.45) is 0 Å². The molecule has 0 aliphatic heterocycles.